The van der Waals surface area contributed by atoms with Crippen molar-refractivity contribution < 1.29 is 4.79 Å². The number of anilines is 2. The largest absolute Gasteiger partial charge is 0.378 e. The maximum absolute atomic E-state index is 11.9. The molecule has 4 rings (SSSR count). The van der Waals surface area contributed by atoms with Gasteiger partial charge in [-0.2, -0.15) is 10.4 Å². The number of pyridine rings is 1. The van der Waals surface area contributed by atoms with Gasteiger partial charge in [-0.25, -0.2) is 9.50 Å². The SMILES string of the molecule is N#Cc1ccc(N2CC[C@H](Nc3c(C(N)=O)cnn4cc(Br)cc34)C2)nc1. The van der Waals surface area contributed by atoms with Crippen molar-refractivity contribution in [2.24, 2.45) is 5.73 Å². The molecule has 1 atom stereocenters. The fourth-order valence-corrected chi connectivity index (χ4v) is 3.70. The molecular weight excluding hydrogens is 410 g/mol. The number of rotatable bonds is 4. The summed E-state index contributed by atoms with van der Waals surface area (Å²) in [4.78, 5) is 18.4. The molecule has 0 aromatic carbocycles. The van der Waals surface area contributed by atoms with Gasteiger partial charge in [0.05, 0.1) is 28.5 Å². The third-order valence-electron chi connectivity index (χ3n) is 4.61. The number of nitrogens with two attached hydrogens (primary N) is 1. The quantitative estimate of drug-likeness (QED) is 0.661. The summed E-state index contributed by atoms with van der Waals surface area (Å²) in [6, 6.07) is 7.71. The van der Waals surface area contributed by atoms with Gasteiger partial charge in [0.2, 0.25) is 0 Å². The van der Waals surface area contributed by atoms with Crippen LogP contribution in [0.4, 0.5) is 11.5 Å². The summed E-state index contributed by atoms with van der Waals surface area (Å²) in [6.45, 7) is 1.56. The summed E-state index contributed by atoms with van der Waals surface area (Å²) in [5.41, 5.74) is 7.92. The third-order valence-corrected chi connectivity index (χ3v) is 5.04. The van der Waals surface area contributed by atoms with Crippen molar-refractivity contribution in [1.82, 2.24) is 14.6 Å². The van der Waals surface area contributed by atoms with Crippen molar-refractivity contribution in [3.05, 3.63) is 52.4 Å². The molecule has 0 spiro atoms. The highest BCUT2D eigenvalue weighted by Gasteiger charge is 2.26. The monoisotopic (exact) mass is 425 g/mol. The fourth-order valence-electron chi connectivity index (χ4n) is 3.29. The summed E-state index contributed by atoms with van der Waals surface area (Å²) >= 11 is 3.44. The molecule has 0 radical (unpaired) electrons. The predicted molar refractivity (Wildman–Crippen MR) is 105 cm³/mol. The number of nitriles is 1. The minimum atomic E-state index is -0.520. The van der Waals surface area contributed by atoms with Crippen LogP contribution in [0.1, 0.15) is 22.3 Å². The lowest BCUT2D eigenvalue weighted by atomic mass is 10.1. The summed E-state index contributed by atoms with van der Waals surface area (Å²) in [5.74, 6) is 0.312. The maximum atomic E-state index is 11.9. The van der Waals surface area contributed by atoms with E-state index in [1.54, 1.807) is 16.8 Å². The molecule has 3 N–H and O–H groups in total. The molecule has 1 saturated heterocycles. The Morgan fingerprint density at radius 2 is 2.26 bits per heavy atom. The average Bonchev–Trinajstić information content (AvgIpc) is 3.28. The Morgan fingerprint density at radius 1 is 1.41 bits per heavy atom. The molecular formula is C18H16BrN7O. The van der Waals surface area contributed by atoms with E-state index in [9.17, 15) is 4.79 Å². The number of fused-ring (bicyclic) bond motifs is 1. The van der Waals surface area contributed by atoms with Crippen molar-refractivity contribution in [3.63, 3.8) is 0 Å². The second-order valence-electron chi connectivity index (χ2n) is 6.38. The molecule has 3 aromatic heterocycles. The van der Waals surface area contributed by atoms with Crippen LogP contribution < -0.4 is 16.0 Å². The summed E-state index contributed by atoms with van der Waals surface area (Å²) in [6.07, 6.45) is 5.77. The number of nitrogens with zero attached hydrogens (tertiary/aromatic N) is 5. The molecule has 4 heterocycles. The van der Waals surface area contributed by atoms with Gasteiger partial charge >= 0.3 is 0 Å². The highest BCUT2D eigenvalue weighted by atomic mass is 79.9. The highest BCUT2D eigenvalue weighted by molar-refractivity contribution is 9.10. The molecule has 0 unspecified atom stereocenters. The molecule has 1 fully saturated rings. The highest BCUT2D eigenvalue weighted by Crippen LogP contribution is 2.28. The summed E-state index contributed by atoms with van der Waals surface area (Å²) < 4.78 is 2.57. The molecule has 136 valence electrons. The number of halogens is 1. The van der Waals surface area contributed by atoms with Crippen LogP contribution >= 0.6 is 15.9 Å². The Kier molecular flexibility index (Phi) is 4.41. The molecule has 9 heteroatoms. The fraction of sp³-hybridized carbons (Fsp3) is 0.222. The zero-order valence-corrected chi connectivity index (χ0v) is 15.8. The standard InChI is InChI=1S/C18H16BrN7O/c19-12-5-15-17(14(18(21)27)8-23-26(15)9-12)24-13-3-4-25(10-13)16-2-1-11(6-20)7-22-16/h1-2,5,7-9,13,24H,3-4,10H2,(H2,21,27)/t13-/m0/s1. The molecule has 0 aliphatic carbocycles. The van der Waals surface area contributed by atoms with Gasteiger partial charge in [-0.15, -0.1) is 0 Å². The first-order valence-corrected chi connectivity index (χ1v) is 9.19. The Bertz CT molecular complexity index is 1050. The molecule has 1 amide bonds. The van der Waals surface area contributed by atoms with E-state index in [-0.39, 0.29) is 6.04 Å². The van der Waals surface area contributed by atoms with Gasteiger partial charge in [-0.3, -0.25) is 4.79 Å². The van der Waals surface area contributed by atoms with Crippen molar-refractivity contribution in [2.75, 3.05) is 23.3 Å². The van der Waals surface area contributed by atoms with Crippen LogP contribution in [0.5, 0.6) is 0 Å². The Labute approximate surface area is 163 Å². The van der Waals surface area contributed by atoms with E-state index in [0.717, 1.165) is 35.3 Å². The Balaban J connectivity index is 1.58. The minimum Gasteiger partial charge on any atom is -0.378 e. The molecule has 27 heavy (non-hydrogen) atoms. The van der Waals surface area contributed by atoms with E-state index in [4.69, 9.17) is 11.0 Å². The molecule has 0 bridgehead atoms. The maximum Gasteiger partial charge on any atom is 0.252 e. The lowest BCUT2D eigenvalue weighted by Gasteiger charge is -2.19. The smallest absolute Gasteiger partial charge is 0.252 e. The zero-order valence-electron chi connectivity index (χ0n) is 14.3. The van der Waals surface area contributed by atoms with Crippen LogP contribution in [-0.4, -0.2) is 39.6 Å². The first-order chi connectivity index (χ1) is 13.0. The second kappa shape index (κ2) is 6.89. The van der Waals surface area contributed by atoms with E-state index >= 15 is 0 Å². The van der Waals surface area contributed by atoms with Crippen molar-refractivity contribution in [2.45, 2.75) is 12.5 Å². The van der Waals surface area contributed by atoms with Gasteiger partial charge < -0.3 is 16.0 Å². The van der Waals surface area contributed by atoms with Crippen LogP contribution in [0.25, 0.3) is 5.52 Å². The van der Waals surface area contributed by atoms with E-state index in [2.05, 4.69) is 42.3 Å². The normalized spacial score (nSPS) is 16.4. The number of carbonyl (C=O) groups is 1. The van der Waals surface area contributed by atoms with Gasteiger partial charge in [-0.05, 0) is 40.5 Å². The van der Waals surface area contributed by atoms with E-state index in [1.165, 1.54) is 6.20 Å². The Morgan fingerprint density at radius 3 is 2.96 bits per heavy atom. The number of carbonyl (C=O) groups excluding carboxylic acids is 1. The number of hydrogen-bond donors (Lipinski definition) is 2. The van der Waals surface area contributed by atoms with Gasteiger partial charge in [0.1, 0.15) is 11.9 Å². The van der Waals surface area contributed by atoms with E-state index in [0.29, 0.717) is 16.8 Å². The zero-order chi connectivity index (χ0) is 19.0. The molecule has 0 saturated carbocycles. The molecule has 1 aliphatic rings. The number of hydrogen-bond acceptors (Lipinski definition) is 6. The van der Waals surface area contributed by atoms with Crippen LogP contribution in [0.2, 0.25) is 0 Å². The lowest BCUT2D eigenvalue weighted by Crippen LogP contribution is -2.28. The molecule has 8 nitrogen and oxygen atoms in total. The number of aromatic nitrogens is 3. The summed E-state index contributed by atoms with van der Waals surface area (Å²) in [7, 11) is 0. The van der Waals surface area contributed by atoms with Gasteiger partial charge in [0.15, 0.2) is 0 Å². The number of primary amides is 1. The van der Waals surface area contributed by atoms with Crippen LogP contribution in [0.3, 0.4) is 0 Å². The van der Waals surface area contributed by atoms with Gasteiger partial charge in [-0.1, -0.05) is 0 Å². The first-order valence-electron chi connectivity index (χ1n) is 8.39. The number of nitrogens with one attached hydrogen (secondary N) is 1. The first kappa shape index (κ1) is 17.3. The third kappa shape index (κ3) is 3.31. The van der Waals surface area contributed by atoms with Crippen LogP contribution in [0.15, 0.2) is 41.3 Å². The number of amides is 1. The van der Waals surface area contributed by atoms with Crippen molar-refractivity contribution in [1.29, 1.82) is 5.26 Å². The van der Waals surface area contributed by atoms with E-state index < -0.39 is 5.91 Å². The lowest BCUT2D eigenvalue weighted by molar-refractivity contribution is 0.100. The molecule has 3 aromatic rings. The minimum absolute atomic E-state index is 0.125. The molecule has 1 aliphatic heterocycles. The Hall–Kier alpha value is -3.12. The van der Waals surface area contributed by atoms with Gasteiger partial charge in [0.25, 0.3) is 5.91 Å². The van der Waals surface area contributed by atoms with Gasteiger partial charge in [0, 0.05) is 36.0 Å². The van der Waals surface area contributed by atoms with Crippen molar-refractivity contribution in [3.8, 4) is 6.07 Å². The average molecular weight is 426 g/mol. The summed E-state index contributed by atoms with van der Waals surface area (Å²) in [5, 5.41) is 16.6. The van der Waals surface area contributed by atoms with Crippen LogP contribution in [0, 0.1) is 11.3 Å². The van der Waals surface area contributed by atoms with Crippen LogP contribution in [-0.2, 0) is 0 Å². The second-order valence-corrected chi connectivity index (χ2v) is 7.29. The van der Waals surface area contributed by atoms with Crippen molar-refractivity contribution >= 4 is 38.9 Å². The van der Waals surface area contributed by atoms with E-state index in [1.807, 2.05) is 18.3 Å². The topological polar surface area (TPSA) is 112 Å². The predicted octanol–water partition coefficient (Wildman–Crippen LogP) is 2.15.